The van der Waals surface area contributed by atoms with Crippen molar-refractivity contribution in [3.05, 3.63) is 87.3 Å². The van der Waals surface area contributed by atoms with Gasteiger partial charge in [-0.1, -0.05) is 30.4 Å². The van der Waals surface area contributed by atoms with Gasteiger partial charge in [0, 0.05) is 51.3 Å². The molecule has 0 aliphatic carbocycles. The highest BCUT2D eigenvalue weighted by atomic mass is 32.1. The van der Waals surface area contributed by atoms with Gasteiger partial charge in [-0.2, -0.15) is 5.10 Å². The summed E-state index contributed by atoms with van der Waals surface area (Å²) in [5, 5.41) is 27.9. The van der Waals surface area contributed by atoms with Crippen LogP contribution in [-0.4, -0.2) is 75.0 Å². The monoisotopic (exact) mass is 771 g/mol. The van der Waals surface area contributed by atoms with Crippen molar-refractivity contribution in [1.82, 2.24) is 33.9 Å². The summed E-state index contributed by atoms with van der Waals surface area (Å²) in [6.07, 6.45) is 4.50. The summed E-state index contributed by atoms with van der Waals surface area (Å²) >= 11 is 1.21. The van der Waals surface area contributed by atoms with Gasteiger partial charge in [0.15, 0.2) is 22.1 Å². The van der Waals surface area contributed by atoms with Gasteiger partial charge in [-0.25, -0.2) is 19.9 Å². The van der Waals surface area contributed by atoms with Crippen molar-refractivity contribution >= 4 is 56.4 Å². The van der Waals surface area contributed by atoms with E-state index < -0.39 is 23.9 Å². The number of fused-ring (bicyclic) bond motifs is 2. The van der Waals surface area contributed by atoms with Crippen molar-refractivity contribution in [1.29, 1.82) is 0 Å². The molecule has 55 heavy (non-hydrogen) atoms. The second-order valence-corrected chi connectivity index (χ2v) is 13.4. The third kappa shape index (κ3) is 8.17. The number of aromatic nitrogens is 7. The molecule has 1 atom stereocenters. The summed E-state index contributed by atoms with van der Waals surface area (Å²) in [5.74, 6) is -0.614. The number of ether oxygens (including phenoxy) is 1. The molecule has 5 aromatic heterocycles. The molecule has 0 saturated carbocycles. The Labute approximate surface area is 317 Å². The highest BCUT2D eigenvalue weighted by Gasteiger charge is 2.22. The first kappa shape index (κ1) is 38.5. The molecule has 288 valence electrons. The number of nitrogens with one attached hydrogen (secondary N) is 1. The molecule has 19 heteroatoms. The summed E-state index contributed by atoms with van der Waals surface area (Å²) < 4.78 is 17.4. The Morgan fingerprint density at radius 2 is 1.80 bits per heavy atom. The minimum Gasteiger partial charge on any atom is -0.491 e. The number of thiazole rings is 1. The number of allylic oxidation sites excluding steroid dienone is 2. The second kappa shape index (κ2) is 16.5. The molecule has 0 aliphatic rings. The van der Waals surface area contributed by atoms with Crippen molar-refractivity contribution in [2.24, 2.45) is 16.5 Å². The van der Waals surface area contributed by atoms with E-state index in [1.54, 1.807) is 35.2 Å². The summed E-state index contributed by atoms with van der Waals surface area (Å²) in [6, 6.07) is 6.35. The Morgan fingerprint density at radius 3 is 2.49 bits per heavy atom. The van der Waals surface area contributed by atoms with Gasteiger partial charge < -0.3 is 35.4 Å². The Balaban J connectivity index is 1.40. The van der Waals surface area contributed by atoms with Gasteiger partial charge in [-0.05, 0) is 44.5 Å². The highest BCUT2D eigenvalue weighted by Crippen LogP contribution is 2.31. The summed E-state index contributed by atoms with van der Waals surface area (Å²) in [7, 11) is 0. The van der Waals surface area contributed by atoms with Gasteiger partial charge in [-0.15, -0.1) is 0 Å². The third-order valence-corrected chi connectivity index (χ3v) is 9.53. The van der Waals surface area contributed by atoms with E-state index in [2.05, 4.69) is 30.4 Å². The first-order valence-electron chi connectivity index (χ1n) is 17.5. The number of nitrogens with two attached hydrogens (primary N) is 2. The van der Waals surface area contributed by atoms with E-state index >= 15 is 0 Å². The average molecular weight is 772 g/mol. The van der Waals surface area contributed by atoms with Crippen LogP contribution in [0.4, 0.5) is 5.95 Å². The van der Waals surface area contributed by atoms with Crippen LogP contribution >= 0.6 is 11.3 Å². The molecule has 0 spiro atoms. The molecule has 1 aromatic carbocycles. The highest BCUT2D eigenvalue weighted by molar-refractivity contribution is 7.16. The fourth-order valence-corrected chi connectivity index (χ4v) is 7.07. The Kier molecular flexibility index (Phi) is 11.5. The number of aryl methyl sites for hydroxylation is 4. The number of nitrogens with zero attached hydrogens (tertiary/aromatic N) is 8. The zero-order chi connectivity index (χ0) is 39.4. The molecule has 5 heterocycles. The minimum absolute atomic E-state index is 0.0971. The molecule has 6 aromatic rings. The van der Waals surface area contributed by atoms with Crippen molar-refractivity contribution in [3.63, 3.8) is 0 Å². The molecule has 6 rings (SSSR count). The zero-order valence-electron chi connectivity index (χ0n) is 30.6. The van der Waals surface area contributed by atoms with E-state index in [9.17, 15) is 24.6 Å². The van der Waals surface area contributed by atoms with Crippen LogP contribution in [-0.2, 0) is 26.1 Å². The van der Waals surface area contributed by atoms with Crippen molar-refractivity contribution in [2.45, 2.75) is 66.4 Å². The number of carbonyl (C=O) groups excluding carboxylic acids is 3. The molecule has 18 nitrogen and oxygen atoms in total. The van der Waals surface area contributed by atoms with Crippen LogP contribution in [0.2, 0.25) is 0 Å². The van der Waals surface area contributed by atoms with Gasteiger partial charge >= 0.3 is 0 Å². The van der Waals surface area contributed by atoms with E-state index in [0.29, 0.717) is 74.3 Å². The van der Waals surface area contributed by atoms with Crippen LogP contribution in [0.15, 0.2) is 52.0 Å². The molecular formula is C36H41N11O7S. The van der Waals surface area contributed by atoms with Gasteiger partial charge in [0.1, 0.15) is 22.5 Å². The first-order valence-corrected chi connectivity index (χ1v) is 18.3. The van der Waals surface area contributed by atoms with Gasteiger partial charge in [-0.3, -0.25) is 28.9 Å². The summed E-state index contributed by atoms with van der Waals surface area (Å²) in [5.41, 5.74) is 14.5. The lowest BCUT2D eigenvalue weighted by Crippen LogP contribution is -2.20. The van der Waals surface area contributed by atoms with Crippen LogP contribution in [0.5, 0.6) is 5.75 Å². The van der Waals surface area contributed by atoms with Gasteiger partial charge in [0.05, 0.1) is 28.3 Å². The fourth-order valence-electron chi connectivity index (χ4n) is 5.95. The number of pyridine rings is 1. The summed E-state index contributed by atoms with van der Waals surface area (Å²) in [6.45, 7) is 8.20. The minimum atomic E-state index is -1.39. The Bertz CT molecular complexity index is 2510. The van der Waals surface area contributed by atoms with Crippen LogP contribution < -0.4 is 26.3 Å². The van der Waals surface area contributed by atoms with Gasteiger partial charge in [0.25, 0.3) is 5.91 Å². The predicted molar refractivity (Wildman–Crippen MR) is 202 cm³/mol. The van der Waals surface area contributed by atoms with E-state index in [-0.39, 0.29) is 49.1 Å². The predicted octanol–water partition coefficient (Wildman–Crippen LogP) is 2.89. The van der Waals surface area contributed by atoms with Gasteiger partial charge in [0.2, 0.25) is 24.0 Å². The fraction of sp³-hybridized carbons (Fsp3) is 0.333. The van der Waals surface area contributed by atoms with E-state index in [0.717, 1.165) is 0 Å². The molecule has 7 N–H and O–H groups in total. The van der Waals surface area contributed by atoms with Crippen molar-refractivity contribution in [3.8, 4) is 5.75 Å². The smallest absolute Gasteiger partial charge is 0.276 e. The number of oxazole rings is 1. The molecule has 3 amide bonds. The molecule has 0 saturated heterocycles. The molecular weight excluding hydrogens is 731 g/mol. The maximum atomic E-state index is 13.4. The largest absolute Gasteiger partial charge is 0.491 e. The number of hydrogen-bond donors (Lipinski definition) is 5. The quantitative estimate of drug-likeness (QED) is 0.0706. The van der Waals surface area contributed by atoms with Crippen LogP contribution in [0.25, 0.3) is 21.4 Å². The average Bonchev–Trinajstić information content (AvgIpc) is 3.92. The maximum Gasteiger partial charge on any atom is 0.276 e. The number of aliphatic hydroxyl groups excluding tert-OH is 2. The normalized spacial score (nSPS) is 12.7. The number of amides is 3. The molecule has 0 aliphatic heterocycles. The Morgan fingerprint density at radius 1 is 1.05 bits per heavy atom. The number of hydrogen-bond acceptors (Lipinski definition) is 13. The van der Waals surface area contributed by atoms with Crippen LogP contribution in [0.1, 0.15) is 80.7 Å². The number of anilines is 1. The zero-order valence-corrected chi connectivity index (χ0v) is 31.5. The number of primary amides is 2. The lowest BCUT2D eigenvalue weighted by molar-refractivity contribution is 0.0991. The second-order valence-electron chi connectivity index (χ2n) is 12.4. The molecule has 1 unspecified atom stereocenters. The van der Waals surface area contributed by atoms with E-state index in [4.69, 9.17) is 20.6 Å². The first-order chi connectivity index (χ1) is 26.4. The lowest BCUT2D eigenvalue weighted by Gasteiger charge is -2.11. The lowest BCUT2D eigenvalue weighted by atomic mass is 10.2. The Hall–Kier alpha value is -6.18. The number of rotatable bonds is 16. The van der Waals surface area contributed by atoms with E-state index in [1.165, 1.54) is 29.7 Å². The number of carbonyl (C=O) groups is 3. The SMILES string of the molecule is CCc1nc(C)oc1C(O)N=c1sc2cc(C(N)=O)cc(OCCCO)c2n1C/C=C/Cn1c(NC(=O)c2cc(C)nn2CC)nc2cc(C(N)=O)cnc21. The van der Waals surface area contributed by atoms with Crippen LogP contribution in [0, 0.1) is 13.8 Å². The maximum absolute atomic E-state index is 13.4. The third-order valence-electron chi connectivity index (χ3n) is 8.49. The van der Waals surface area contributed by atoms with Crippen LogP contribution in [0.3, 0.4) is 0 Å². The molecule has 0 radical (unpaired) electrons. The number of benzene rings is 1. The topological polar surface area (TPSA) is 257 Å². The molecule has 0 fully saturated rings. The summed E-state index contributed by atoms with van der Waals surface area (Å²) in [4.78, 5) is 56.0. The number of aliphatic hydroxyl groups is 2. The van der Waals surface area contributed by atoms with E-state index in [1.807, 2.05) is 30.6 Å². The van der Waals surface area contributed by atoms with Crippen molar-refractivity contribution in [2.75, 3.05) is 18.5 Å². The number of imidazole rings is 1. The van der Waals surface area contributed by atoms with Crippen molar-refractivity contribution < 1.29 is 33.8 Å². The molecule has 0 bridgehead atoms. The standard InChI is InChI=1S/C36H41N11O7S/c1-5-23-29(54-20(4)40-23)34(52)43-36-45(28-26(53-13-9-12-48)16-21(30(37)49)17-27(28)55-36)10-7-8-11-46-32-24(15-22(18-39-32)31(38)50)41-35(46)42-33(51)25-14-19(3)44-47(25)6-2/h7-8,14-18,34,48,52H,5-6,9-13H2,1-4H3,(H2,37,49)(H2,38,50)(H,41,42,51)/b8-7+,43-36?.